The van der Waals surface area contributed by atoms with Crippen molar-refractivity contribution in [1.29, 1.82) is 0 Å². The van der Waals surface area contributed by atoms with Crippen molar-refractivity contribution < 1.29 is 37.8 Å². The van der Waals surface area contributed by atoms with Crippen LogP contribution in [0.5, 0.6) is 0 Å². The number of hydrogen-bond acceptors (Lipinski definition) is 15. The third-order valence-corrected chi connectivity index (χ3v) is 11.5. The van der Waals surface area contributed by atoms with Crippen LogP contribution in [0.4, 0.5) is 0 Å². The van der Waals surface area contributed by atoms with Crippen LogP contribution in [0.25, 0.3) is 0 Å². The second kappa shape index (κ2) is 40.7. The summed E-state index contributed by atoms with van der Waals surface area (Å²) in [5.74, 6) is -0.589. The van der Waals surface area contributed by atoms with Gasteiger partial charge >= 0.3 is 0 Å². The highest BCUT2D eigenvalue weighted by molar-refractivity contribution is 7.93. The van der Waals surface area contributed by atoms with Crippen molar-refractivity contribution in [3.63, 3.8) is 0 Å². The van der Waals surface area contributed by atoms with Crippen molar-refractivity contribution in [1.82, 2.24) is 41.7 Å². The van der Waals surface area contributed by atoms with Crippen LogP contribution >= 0.6 is 24.1 Å². The monoisotopic (exact) mass is 979 g/mol. The number of nitrogens with zero attached hydrogens (tertiary/aromatic N) is 2. The van der Waals surface area contributed by atoms with E-state index in [1.54, 1.807) is 33.5 Å². The topological polar surface area (TPSA) is 206 Å². The van der Waals surface area contributed by atoms with Crippen LogP contribution in [-0.2, 0) is 41.5 Å². The van der Waals surface area contributed by atoms with Crippen LogP contribution in [0.2, 0.25) is 0 Å². The van der Waals surface area contributed by atoms with Gasteiger partial charge in [0.2, 0.25) is 17.7 Å². The van der Waals surface area contributed by atoms with Gasteiger partial charge < -0.3 is 65.1 Å². The molecular formula is C49H86N8O8S2. The van der Waals surface area contributed by atoms with E-state index in [4.69, 9.17) is 18.6 Å². The van der Waals surface area contributed by atoms with Crippen molar-refractivity contribution in [2.24, 2.45) is 0 Å². The Morgan fingerprint density at radius 2 is 1.18 bits per heavy atom. The Morgan fingerprint density at radius 1 is 0.716 bits per heavy atom. The van der Waals surface area contributed by atoms with E-state index in [0.29, 0.717) is 32.6 Å². The molecule has 2 aromatic carbocycles. The van der Waals surface area contributed by atoms with Crippen LogP contribution in [0.3, 0.4) is 0 Å². The number of nitrogens with one attached hydrogen (secondary N) is 6. The summed E-state index contributed by atoms with van der Waals surface area (Å²) in [5.41, 5.74) is 2.70. The number of hydrogen-bond donors (Lipinski definition) is 8. The molecule has 2 saturated heterocycles. The minimum atomic E-state index is -0.759. The summed E-state index contributed by atoms with van der Waals surface area (Å²) in [4.78, 5) is 53.7. The fourth-order valence-corrected chi connectivity index (χ4v) is 7.77. The van der Waals surface area contributed by atoms with Crippen LogP contribution in [0.1, 0.15) is 76.3 Å². The molecule has 3 amide bonds. The van der Waals surface area contributed by atoms with Gasteiger partial charge in [0, 0.05) is 57.4 Å². The molecule has 18 heteroatoms. The Labute approximate surface area is 411 Å². The average Bonchev–Trinajstić information content (AvgIpc) is 3.98. The molecule has 67 heavy (non-hydrogen) atoms. The van der Waals surface area contributed by atoms with Crippen LogP contribution < -0.4 is 31.9 Å². The number of ether oxygens (including phenoxy) is 2. The van der Waals surface area contributed by atoms with E-state index in [2.05, 4.69) is 86.3 Å². The van der Waals surface area contributed by atoms with Gasteiger partial charge in [-0.2, -0.15) is 0 Å². The molecule has 4 rings (SSSR count). The lowest BCUT2D eigenvalue weighted by molar-refractivity contribution is -0.141. The molecule has 2 aliphatic heterocycles. The zero-order valence-electron chi connectivity index (χ0n) is 41.5. The number of carbonyl (C=O) groups excluding carboxylic acids is 4. The maximum Gasteiger partial charge on any atom is 0.248 e. The summed E-state index contributed by atoms with van der Waals surface area (Å²) in [5, 5.41) is 18.2. The molecule has 0 aromatic heterocycles. The predicted molar refractivity (Wildman–Crippen MR) is 276 cm³/mol. The smallest absolute Gasteiger partial charge is 0.248 e. The summed E-state index contributed by atoms with van der Waals surface area (Å²) in [6.45, 7) is 10.6. The largest absolute Gasteiger partial charge is 0.376 e. The maximum absolute atomic E-state index is 13.7. The minimum absolute atomic E-state index is 0.0838. The summed E-state index contributed by atoms with van der Waals surface area (Å²) >= 11 is 1.50. The molecule has 0 radical (unpaired) electrons. The first kappa shape index (κ1) is 61.9. The Kier molecular flexibility index (Phi) is 37.6. The van der Waals surface area contributed by atoms with Crippen molar-refractivity contribution in [3.8, 4) is 0 Å². The first-order valence-corrected chi connectivity index (χ1v) is 26.3. The van der Waals surface area contributed by atoms with Crippen LogP contribution in [0, 0.1) is 0 Å². The van der Waals surface area contributed by atoms with Gasteiger partial charge in [0.25, 0.3) is 0 Å². The van der Waals surface area contributed by atoms with Crippen LogP contribution in [0.15, 0.2) is 60.7 Å². The van der Waals surface area contributed by atoms with Gasteiger partial charge in [-0.3, -0.25) is 14.4 Å². The molecule has 0 bridgehead atoms. The zero-order valence-corrected chi connectivity index (χ0v) is 43.1. The zero-order chi connectivity index (χ0) is 49.5. The number of aldehydes is 1. The van der Waals surface area contributed by atoms with Crippen molar-refractivity contribution in [2.75, 3.05) is 99.2 Å². The van der Waals surface area contributed by atoms with Gasteiger partial charge in [-0.1, -0.05) is 73.5 Å². The second-order valence-electron chi connectivity index (χ2n) is 16.8. The molecule has 0 saturated carbocycles. The molecule has 8 N–H and O–H groups in total. The molecule has 2 aromatic rings. The predicted octanol–water partition coefficient (Wildman–Crippen LogP) is 4.35. The van der Waals surface area contributed by atoms with Gasteiger partial charge in [-0.15, -0.1) is 0 Å². The Balaban J connectivity index is 0.000000833. The number of amides is 3. The molecule has 0 spiro atoms. The summed E-state index contributed by atoms with van der Waals surface area (Å²) < 4.78 is 26.8. The van der Waals surface area contributed by atoms with Gasteiger partial charge in [-0.05, 0) is 141 Å². The van der Waals surface area contributed by atoms with E-state index < -0.39 is 24.3 Å². The second-order valence-corrected chi connectivity index (χ2v) is 17.5. The van der Waals surface area contributed by atoms with E-state index in [9.17, 15) is 19.2 Å². The van der Waals surface area contributed by atoms with E-state index in [1.165, 1.54) is 30.5 Å². The molecule has 382 valence electrons. The number of likely N-dealkylation sites (N-methyl/N-ethyl adjacent to an activating group) is 3. The third-order valence-electron chi connectivity index (χ3n) is 11.5. The van der Waals surface area contributed by atoms with Gasteiger partial charge in [-0.25, -0.2) is 0 Å². The van der Waals surface area contributed by atoms with Gasteiger partial charge in [0.05, 0.1) is 25.3 Å². The molecule has 2 heterocycles. The molecule has 0 aliphatic carbocycles. The molecule has 16 nitrogen and oxygen atoms in total. The van der Waals surface area contributed by atoms with Crippen molar-refractivity contribution in [3.05, 3.63) is 71.8 Å². The molecule has 2 aliphatic rings. The minimum Gasteiger partial charge on any atom is -0.376 e. The highest BCUT2D eigenvalue weighted by Crippen LogP contribution is 2.20. The lowest BCUT2D eigenvalue weighted by Gasteiger charge is -2.32. The molecule has 6 atom stereocenters. The summed E-state index contributed by atoms with van der Waals surface area (Å²) in [6, 6.07) is 20.4. The standard InChI is InChI=1S/C33H56N6O6.C14H22N2.2CH4OS/c1-25(29(24-40)37-30(41)22-34-3)44-19-10-5-6-11-20-45-26(2)32(38-31(42)23-35-4)33(43)39-18-12-15-28(39)21-36-17-16-27-13-8-7-9-14-27;1-16-11-5-8-14(16)12-15-10-9-13-6-3-2-4-7-13;2*1-3-2/h7-9,13-14,24-26,28-29,32,34-36H,5-6,10-12,15-23H2,1-4H3,(H,37,41)(H,38,42);2-4,6-7,14-15H,5,8-12H2,1H3;2*2H,1H3/t25?,26?,28?,29?,32-;;;/m0.../s1. The number of likely N-dealkylation sites (tertiary alicyclic amines) is 2. The SMILES string of the molecule is CN1CCCC1CNCCc1ccccc1.CNCC(=O)NC(C=O)C(C)OCCCCCCOC(C)[C@H](NC(=O)CNC)C(=O)N1CCCC1CNCCc1ccccc1.CSO.CSO. The number of benzene rings is 2. The number of unbranched alkanes of at least 4 members (excludes halogenated alkanes) is 3. The number of carbonyl (C=O) groups is 4. The maximum atomic E-state index is 13.7. The highest BCUT2D eigenvalue weighted by Gasteiger charge is 2.36. The Hall–Kier alpha value is -3.14. The van der Waals surface area contributed by atoms with E-state index in [1.807, 2.05) is 30.0 Å². The van der Waals surface area contributed by atoms with E-state index in [-0.39, 0.29) is 36.9 Å². The van der Waals surface area contributed by atoms with Gasteiger partial charge in [0.1, 0.15) is 18.4 Å². The fourth-order valence-electron chi connectivity index (χ4n) is 7.77. The Bertz CT molecular complexity index is 1540. The average molecular weight is 979 g/mol. The van der Waals surface area contributed by atoms with E-state index in [0.717, 1.165) is 101 Å². The van der Waals surface area contributed by atoms with Crippen molar-refractivity contribution in [2.45, 2.75) is 114 Å². The van der Waals surface area contributed by atoms with Crippen LogP contribution in [-0.4, -0.2) is 179 Å². The third kappa shape index (κ3) is 28.8. The lowest BCUT2D eigenvalue weighted by Crippen LogP contribution is -2.57. The molecule has 2 fully saturated rings. The molecule has 5 unspecified atom stereocenters. The van der Waals surface area contributed by atoms with Gasteiger partial charge in [0.15, 0.2) is 0 Å². The lowest BCUT2D eigenvalue weighted by atomic mass is 10.1. The quantitative estimate of drug-likeness (QED) is 0.0325. The summed E-state index contributed by atoms with van der Waals surface area (Å²) in [7, 11) is 5.60. The fraction of sp³-hybridized carbons (Fsp3) is 0.673. The highest BCUT2D eigenvalue weighted by atomic mass is 32.2. The Morgan fingerprint density at radius 3 is 1.66 bits per heavy atom. The van der Waals surface area contributed by atoms with E-state index >= 15 is 0 Å². The number of rotatable bonds is 29. The first-order valence-electron chi connectivity index (χ1n) is 23.9. The summed E-state index contributed by atoms with van der Waals surface area (Å²) in [6.07, 6.45) is 13.1. The van der Waals surface area contributed by atoms with Crippen molar-refractivity contribution >= 4 is 48.1 Å². The normalized spacial score (nSPS) is 17.3. The first-order chi connectivity index (χ1) is 32.5. The molecular weight excluding hydrogens is 893 g/mol.